The molecule has 2 rings (SSSR count). The Balaban J connectivity index is 0.00000364. The van der Waals surface area contributed by atoms with Crippen LogP contribution in [0.5, 0.6) is 0 Å². The van der Waals surface area contributed by atoms with E-state index in [-0.39, 0.29) is 24.8 Å². The van der Waals surface area contributed by atoms with Crippen molar-refractivity contribution in [1.82, 2.24) is 9.88 Å². The highest BCUT2D eigenvalue weighted by Gasteiger charge is 2.19. The number of hydrogen-bond donors (Lipinski definition) is 2. The summed E-state index contributed by atoms with van der Waals surface area (Å²) in [5.41, 5.74) is 1.16. The van der Waals surface area contributed by atoms with Gasteiger partial charge < -0.3 is 15.3 Å². The van der Waals surface area contributed by atoms with E-state index in [0.717, 1.165) is 50.6 Å². The van der Waals surface area contributed by atoms with Gasteiger partial charge in [0.15, 0.2) is 5.82 Å². The summed E-state index contributed by atoms with van der Waals surface area (Å²) in [6.07, 6.45) is 12.1. The summed E-state index contributed by atoms with van der Waals surface area (Å²) >= 11 is 0. The second kappa shape index (κ2) is 17.1. The van der Waals surface area contributed by atoms with E-state index >= 15 is 0 Å². The molecule has 1 saturated heterocycles. The second-order valence-corrected chi connectivity index (χ2v) is 7.29. The lowest BCUT2D eigenvalue weighted by atomic mass is 10.1. The summed E-state index contributed by atoms with van der Waals surface area (Å²) in [6.45, 7) is 9.07. The standard InChI is InChI=1S/C21H38N4O.2ClH/c1-2-22-20-12-11-13-23-21(20)25-17-15-24(16-18-25)14-9-7-5-3-4-6-8-10-19-26;;/h11-13,22,26H,2-10,14-19H2,1H3;2*1H. The quantitative estimate of drug-likeness (QED) is 0.444. The van der Waals surface area contributed by atoms with Gasteiger partial charge in [0.05, 0.1) is 5.69 Å². The van der Waals surface area contributed by atoms with Crippen LogP contribution in [0.3, 0.4) is 0 Å². The molecule has 0 atom stereocenters. The minimum atomic E-state index is 0. The molecule has 164 valence electrons. The number of unbranched alkanes of at least 4 members (excludes halogenated alkanes) is 7. The summed E-state index contributed by atoms with van der Waals surface area (Å²) in [6, 6.07) is 4.13. The van der Waals surface area contributed by atoms with Crippen LogP contribution >= 0.6 is 24.8 Å². The number of nitrogens with one attached hydrogen (secondary N) is 1. The lowest BCUT2D eigenvalue weighted by Crippen LogP contribution is -2.47. The van der Waals surface area contributed by atoms with Gasteiger partial charge >= 0.3 is 0 Å². The summed E-state index contributed by atoms with van der Waals surface area (Å²) < 4.78 is 0. The molecule has 0 spiro atoms. The Bertz CT molecular complexity index is 485. The predicted molar refractivity (Wildman–Crippen MR) is 126 cm³/mol. The van der Waals surface area contributed by atoms with Crippen LogP contribution in [0.2, 0.25) is 0 Å². The third kappa shape index (κ3) is 10.1. The smallest absolute Gasteiger partial charge is 0.152 e. The topological polar surface area (TPSA) is 51.6 Å². The first-order chi connectivity index (χ1) is 12.8. The van der Waals surface area contributed by atoms with Gasteiger partial charge in [-0.3, -0.25) is 4.90 Å². The number of halogens is 2. The van der Waals surface area contributed by atoms with E-state index in [9.17, 15) is 0 Å². The molecule has 28 heavy (non-hydrogen) atoms. The molecule has 0 amide bonds. The minimum absolute atomic E-state index is 0. The highest BCUT2D eigenvalue weighted by molar-refractivity contribution is 5.85. The number of rotatable bonds is 13. The van der Waals surface area contributed by atoms with E-state index < -0.39 is 0 Å². The fraction of sp³-hybridized carbons (Fsp3) is 0.762. The Morgan fingerprint density at radius 2 is 1.54 bits per heavy atom. The van der Waals surface area contributed by atoms with Crippen LogP contribution in [0.4, 0.5) is 11.5 Å². The zero-order valence-electron chi connectivity index (χ0n) is 17.4. The van der Waals surface area contributed by atoms with Crippen molar-refractivity contribution in [2.75, 3.05) is 56.1 Å². The van der Waals surface area contributed by atoms with Gasteiger partial charge in [-0.25, -0.2) is 4.98 Å². The van der Waals surface area contributed by atoms with Crippen LogP contribution in [-0.2, 0) is 0 Å². The van der Waals surface area contributed by atoms with Gasteiger partial charge in [0.25, 0.3) is 0 Å². The number of anilines is 2. The van der Waals surface area contributed by atoms with Crippen LogP contribution in [0, 0.1) is 0 Å². The molecule has 0 aromatic carbocycles. The Morgan fingerprint density at radius 3 is 2.14 bits per heavy atom. The van der Waals surface area contributed by atoms with Crippen LogP contribution in [0.25, 0.3) is 0 Å². The van der Waals surface area contributed by atoms with Gasteiger partial charge in [0, 0.05) is 45.5 Å². The van der Waals surface area contributed by atoms with E-state index in [0.29, 0.717) is 6.61 Å². The third-order valence-corrected chi connectivity index (χ3v) is 5.21. The molecule has 1 aromatic heterocycles. The summed E-state index contributed by atoms with van der Waals surface area (Å²) in [5, 5.41) is 12.2. The van der Waals surface area contributed by atoms with Crippen molar-refractivity contribution >= 4 is 36.3 Å². The normalized spacial score (nSPS) is 14.3. The number of aliphatic hydroxyl groups excluding tert-OH is 1. The zero-order chi connectivity index (χ0) is 18.5. The maximum atomic E-state index is 8.77. The molecule has 0 aliphatic carbocycles. The monoisotopic (exact) mass is 434 g/mol. The maximum absolute atomic E-state index is 8.77. The van der Waals surface area contributed by atoms with E-state index in [1.54, 1.807) is 0 Å². The number of piperazine rings is 1. The lowest BCUT2D eigenvalue weighted by molar-refractivity contribution is 0.251. The van der Waals surface area contributed by atoms with Gasteiger partial charge in [0.2, 0.25) is 0 Å². The molecule has 7 heteroatoms. The van der Waals surface area contributed by atoms with Crippen LogP contribution in [0.15, 0.2) is 18.3 Å². The molecule has 0 bridgehead atoms. The predicted octanol–water partition coefficient (Wildman–Crippen LogP) is 4.59. The summed E-state index contributed by atoms with van der Waals surface area (Å²) in [7, 11) is 0. The molecule has 1 aliphatic heterocycles. The van der Waals surface area contributed by atoms with Crippen molar-refractivity contribution in [3.8, 4) is 0 Å². The molecule has 0 unspecified atom stereocenters. The molecule has 0 saturated carbocycles. The number of hydrogen-bond acceptors (Lipinski definition) is 5. The molecule has 1 fully saturated rings. The molecule has 2 N–H and O–H groups in total. The van der Waals surface area contributed by atoms with Gasteiger partial charge in [-0.15, -0.1) is 24.8 Å². The van der Waals surface area contributed by atoms with E-state index in [1.807, 2.05) is 12.3 Å². The zero-order valence-corrected chi connectivity index (χ0v) is 19.1. The van der Waals surface area contributed by atoms with E-state index in [1.165, 1.54) is 51.5 Å². The van der Waals surface area contributed by atoms with E-state index in [4.69, 9.17) is 5.11 Å². The lowest BCUT2D eigenvalue weighted by Gasteiger charge is -2.36. The molecule has 1 aromatic rings. The highest BCUT2D eigenvalue weighted by atomic mass is 35.5. The number of aromatic nitrogens is 1. The van der Waals surface area contributed by atoms with Gasteiger partial charge in [0.1, 0.15) is 0 Å². The Labute approximate surface area is 184 Å². The highest BCUT2D eigenvalue weighted by Crippen LogP contribution is 2.23. The second-order valence-electron chi connectivity index (χ2n) is 7.29. The van der Waals surface area contributed by atoms with Gasteiger partial charge in [-0.2, -0.15) is 0 Å². The van der Waals surface area contributed by atoms with Crippen molar-refractivity contribution in [2.45, 2.75) is 58.3 Å². The average Bonchev–Trinajstić information content (AvgIpc) is 2.68. The van der Waals surface area contributed by atoms with Crippen LogP contribution in [-0.4, -0.2) is 60.9 Å². The molecular weight excluding hydrogens is 395 g/mol. The van der Waals surface area contributed by atoms with Crippen molar-refractivity contribution in [1.29, 1.82) is 0 Å². The van der Waals surface area contributed by atoms with Crippen LogP contribution < -0.4 is 10.2 Å². The van der Waals surface area contributed by atoms with Gasteiger partial charge in [-0.1, -0.05) is 38.5 Å². The first-order valence-corrected chi connectivity index (χ1v) is 10.6. The minimum Gasteiger partial charge on any atom is -0.396 e. The fourth-order valence-electron chi connectivity index (χ4n) is 3.67. The maximum Gasteiger partial charge on any atom is 0.152 e. The molecule has 0 radical (unpaired) electrons. The molecule has 2 heterocycles. The Morgan fingerprint density at radius 1 is 0.929 bits per heavy atom. The number of pyridine rings is 1. The Hall–Kier alpha value is -0.750. The first-order valence-electron chi connectivity index (χ1n) is 10.6. The molecule has 1 aliphatic rings. The molecular formula is C21H40Cl2N4O. The summed E-state index contributed by atoms with van der Waals surface area (Å²) in [4.78, 5) is 9.62. The van der Waals surface area contributed by atoms with Crippen molar-refractivity contribution < 1.29 is 5.11 Å². The number of aliphatic hydroxyl groups is 1. The Kier molecular flexibility index (Phi) is 16.7. The largest absolute Gasteiger partial charge is 0.396 e. The van der Waals surface area contributed by atoms with Crippen LogP contribution in [0.1, 0.15) is 58.3 Å². The van der Waals surface area contributed by atoms with Crippen molar-refractivity contribution in [3.63, 3.8) is 0 Å². The SMILES string of the molecule is CCNc1cccnc1N1CCN(CCCCCCCCCCO)CC1.Cl.Cl. The molecule has 5 nitrogen and oxygen atoms in total. The fourth-order valence-corrected chi connectivity index (χ4v) is 3.67. The number of nitrogens with zero attached hydrogens (tertiary/aromatic N) is 3. The average molecular weight is 435 g/mol. The van der Waals surface area contributed by atoms with Crippen molar-refractivity contribution in [3.05, 3.63) is 18.3 Å². The van der Waals surface area contributed by atoms with E-state index in [2.05, 4.69) is 33.1 Å². The van der Waals surface area contributed by atoms with Gasteiger partial charge in [-0.05, 0) is 38.4 Å². The van der Waals surface area contributed by atoms with Crippen molar-refractivity contribution in [2.24, 2.45) is 0 Å². The summed E-state index contributed by atoms with van der Waals surface area (Å²) in [5.74, 6) is 1.11. The first kappa shape index (κ1) is 27.2. The third-order valence-electron chi connectivity index (χ3n) is 5.21.